The summed E-state index contributed by atoms with van der Waals surface area (Å²) in [6, 6.07) is 7.13. The zero-order valence-corrected chi connectivity index (χ0v) is 17.0. The summed E-state index contributed by atoms with van der Waals surface area (Å²) in [5.74, 6) is -0.682. The fourth-order valence-electron chi connectivity index (χ4n) is 3.17. The van der Waals surface area contributed by atoms with Gasteiger partial charge in [0.2, 0.25) is 11.8 Å². The lowest BCUT2D eigenvalue weighted by Crippen LogP contribution is -2.28. The van der Waals surface area contributed by atoms with E-state index in [1.165, 1.54) is 18.4 Å². The Morgan fingerprint density at radius 1 is 1.18 bits per heavy atom. The molecule has 7 nitrogen and oxygen atoms in total. The molecule has 1 aliphatic rings. The van der Waals surface area contributed by atoms with Gasteiger partial charge >= 0.3 is 5.97 Å². The van der Waals surface area contributed by atoms with Crippen LogP contribution in [-0.2, 0) is 14.3 Å². The summed E-state index contributed by atoms with van der Waals surface area (Å²) < 4.78 is 9.96. The van der Waals surface area contributed by atoms with Crippen molar-refractivity contribution in [2.75, 3.05) is 31.0 Å². The molecule has 8 heteroatoms. The molecule has 1 N–H and O–H groups in total. The van der Waals surface area contributed by atoms with E-state index in [1.807, 2.05) is 13.8 Å². The Labute approximate surface area is 167 Å². The van der Waals surface area contributed by atoms with Crippen molar-refractivity contribution in [3.63, 3.8) is 0 Å². The fraction of sp³-hybridized carbons (Fsp3) is 0.350. The molecule has 0 saturated carbocycles. The molecule has 28 heavy (non-hydrogen) atoms. The van der Waals surface area contributed by atoms with E-state index in [1.54, 1.807) is 36.3 Å². The molecule has 1 saturated heterocycles. The van der Waals surface area contributed by atoms with Crippen molar-refractivity contribution < 1.29 is 23.9 Å². The molecule has 0 spiro atoms. The minimum atomic E-state index is -0.497. The number of nitrogens with zero attached hydrogens (tertiary/aromatic N) is 1. The Bertz CT molecular complexity index is 919. The van der Waals surface area contributed by atoms with Gasteiger partial charge in [-0.1, -0.05) is 0 Å². The first-order valence-corrected chi connectivity index (χ1v) is 9.61. The first-order chi connectivity index (χ1) is 13.3. The van der Waals surface area contributed by atoms with Crippen molar-refractivity contribution in [1.82, 2.24) is 0 Å². The average Bonchev–Trinajstić information content (AvgIpc) is 3.21. The van der Waals surface area contributed by atoms with E-state index in [-0.39, 0.29) is 24.8 Å². The maximum Gasteiger partial charge on any atom is 0.341 e. The number of thiophene rings is 1. The second kappa shape index (κ2) is 8.02. The van der Waals surface area contributed by atoms with Crippen LogP contribution in [0.5, 0.6) is 5.75 Å². The molecule has 148 valence electrons. The van der Waals surface area contributed by atoms with Crippen molar-refractivity contribution in [2.45, 2.75) is 20.3 Å². The molecule has 0 bridgehead atoms. The maximum atomic E-state index is 12.8. The van der Waals surface area contributed by atoms with E-state index < -0.39 is 11.9 Å². The molecule has 3 rings (SSSR count). The highest BCUT2D eigenvalue weighted by Crippen LogP contribution is 2.34. The summed E-state index contributed by atoms with van der Waals surface area (Å²) in [6.07, 6.45) is 0.120. The number of carbonyl (C=O) groups excluding carboxylic acids is 3. The van der Waals surface area contributed by atoms with Gasteiger partial charge in [-0.15, -0.1) is 11.3 Å². The third-order valence-electron chi connectivity index (χ3n) is 4.89. The molecule has 0 unspecified atom stereocenters. The molecule has 1 atom stereocenters. The van der Waals surface area contributed by atoms with Gasteiger partial charge in [-0.25, -0.2) is 4.79 Å². The maximum absolute atomic E-state index is 12.8. The topological polar surface area (TPSA) is 84.9 Å². The van der Waals surface area contributed by atoms with Crippen molar-refractivity contribution in [2.24, 2.45) is 5.92 Å². The molecule has 1 aliphatic heterocycles. The standard InChI is InChI=1S/C20H22N2O5S/c1-11-12(2)28-19(17(11)20(25)27-4)21-18(24)13-9-16(23)22(10-13)14-5-7-15(26-3)8-6-14/h5-8,13H,9-10H2,1-4H3,(H,21,24)/t13-/m1/s1. The number of hydrogen-bond donors (Lipinski definition) is 1. The van der Waals surface area contributed by atoms with E-state index in [0.717, 1.165) is 16.1 Å². The number of methoxy groups -OCH3 is 2. The predicted octanol–water partition coefficient (Wildman–Crippen LogP) is 3.15. The van der Waals surface area contributed by atoms with Crippen LogP contribution < -0.4 is 15.0 Å². The summed E-state index contributed by atoms with van der Waals surface area (Å²) in [7, 11) is 2.88. The number of ether oxygens (including phenoxy) is 2. The van der Waals surface area contributed by atoms with E-state index >= 15 is 0 Å². The molecular weight excluding hydrogens is 380 g/mol. The van der Waals surface area contributed by atoms with Gasteiger partial charge < -0.3 is 19.7 Å². The second-order valence-corrected chi connectivity index (χ2v) is 7.80. The molecular formula is C20H22N2O5S. The van der Waals surface area contributed by atoms with Crippen molar-refractivity contribution in [3.05, 3.63) is 40.3 Å². The lowest BCUT2D eigenvalue weighted by Gasteiger charge is -2.17. The van der Waals surface area contributed by atoms with E-state index in [4.69, 9.17) is 9.47 Å². The first-order valence-electron chi connectivity index (χ1n) is 8.79. The molecule has 2 amide bonds. The van der Waals surface area contributed by atoms with E-state index in [0.29, 0.717) is 16.3 Å². The lowest BCUT2D eigenvalue weighted by atomic mass is 10.1. The predicted molar refractivity (Wildman–Crippen MR) is 107 cm³/mol. The van der Waals surface area contributed by atoms with Gasteiger partial charge in [-0.05, 0) is 43.7 Å². The highest BCUT2D eigenvalue weighted by molar-refractivity contribution is 7.16. The molecule has 1 aromatic heterocycles. The van der Waals surface area contributed by atoms with Crippen LogP contribution >= 0.6 is 11.3 Å². The van der Waals surface area contributed by atoms with E-state index in [2.05, 4.69) is 5.32 Å². The van der Waals surface area contributed by atoms with Crippen LogP contribution in [0.2, 0.25) is 0 Å². The van der Waals surface area contributed by atoms with Gasteiger partial charge in [0.25, 0.3) is 0 Å². The molecule has 1 aromatic carbocycles. The number of aryl methyl sites for hydroxylation is 1. The summed E-state index contributed by atoms with van der Waals surface area (Å²) in [6.45, 7) is 3.98. The Kier molecular flexibility index (Phi) is 5.69. The van der Waals surface area contributed by atoms with Crippen LogP contribution in [0, 0.1) is 19.8 Å². The van der Waals surface area contributed by atoms with Gasteiger partial charge in [0.1, 0.15) is 10.8 Å². The Morgan fingerprint density at radius 2 is 1.86 bits per heavy atom. The van der Waals surface area contributed by atoms with Gasteiger partial charge in [-0.3, -0.25) is 9.59 Å². The Balaban J connectivity index is 1.75. The highest BCUT2D eigenvalue weighted by atomic mass is 32.1. The van der Waals surface area contributed by atoms with Crippen molar-refractivity contribution in [3.8, 4) is 5.75 Å². The SMILES string of the molecule is COC(=O)c1c(NC(=O)[C@@H]2CC(=O)N(c3ccc(OC)cc3)C2)sc(C)c1C. The van der Waals surface area contributed by atoms with Crippen molar-refractivity contribution >= 4 is 39.8 Å². The number of carbonyl (C=O) groups is 3. The highest BCUT2D eigenvalue weighted by Gasteiger charge is 2.36. The third-order valence-corrected chi connectivity index (χ3v) is 6.01. The number of hydrogen-bond acceptors (Lipinski definition) is 6. The first kappa shape index (κ1) is 19.9. The normalized spacial score (nSPS) is 16.2. The largest absolute Gasteiger partial charge is 0.497 e. The minimum absolute atomic E-state index is 0.114. The number of amides is 2. The number of anilines is 2. The van der Waals surface area contributed by atoms with Gasteiger partial charge in [0, 0.05) is 23.5 Å². The van der Waals surface area contributed by atoms with Gasteiger partial charge in [0.15, 0.2) is 0 Å². The quantitative estimate of drug-likeness (QED) is 0.777. The molecule has 0 aliphatic carbocycles. The second-order valence-electron chi connectivity index (χ2n) is 6.57. The summed E-state index contributed by atoms with van der Waals surface area (Å²) in [5.41, 5.74) is 1.88. The van der Waals surface area contributed by atoms with Crippen LogP contribution in [0.1, 0.15) is 27.2 Å². The molecule has 2 aromatic rings. The summed E-state index contributed by atoms with van der Waals surface area (Å²) in [4.78, 5) is 39.8. The number of nitrogens with one attached hydrogen (secondary N) is 1. The van der Waals surface area contributed by atoms with E-state index in [9.17, 15) is 14.4 Å². The van der Waals surface area contributed by atoms with Crippen LogP contribution in [0.15, 0.2) is 24.3 Å². The number of rotatable bonds is 5. The monoisotopic (exact) mass is 402 g/mol. The van der Waals surface area contributed by atoms with Crippen LogP contribution in [0.3, 0.4) is 0 Å². The summed E-state index contributed by atoms with van der Waals surface area (Å²) >= 11 is 1.33. The van der Waals surface area contributed by atoms with Crippen molar-refractivity contribution in [1.29, 1.82) is 0 Å². The average molecular weight is 402 g/mol. The third kappa shape index (κ3) is 3.73. The Morgan fingerprint density at radius 3 is 2.46 bits per heavy atom. The van der Waals surface area contributed by atoms with Crippen LogP contribution in [0.25, 0.3) is 0 Å². The molecule has 1 fully saturated rings. The summed E-state index contributed by atoms with van der Waals surface area (Å²) in [5, 5.41) is 3.28. The van der Waals surface area contributed by atoms with Gasteiger partial charge in [-0.2, -0.15) is 0 Å². The zero-order chi connectivity index (χ0) is 20.4. The zero-order valence-electron chi connectivity index (χ0n) is 16.2. The number of benzene rings is 1. The molecule has 0 radical (unpaired) electrons. The van der Waals surface area contributed by atoms with Crippen LogP contribution in [0.4, 0.5) is 10.7 Å². The fourth-order valence-corrected chi connectivity index (χ4v) is 4.22. The number of esters is 1. The minimum Gasteiger partial charge on any atom is -0.497 e. The van der Waals surface area contributed by atoms with Crippen LogP contribution in [-0.4, -0.2) is 38.5 Å². The van der Waals surface area contributed by atoms with Gasteiger partial charge in [0.05, 0.1) is 25.7 Å². The Hall–Kier alpha value is -2.87. The smallest absolute Gasteiger partial charge is 0.341 e. The molecule has 2 heterocycles. The lowest BCUT2D eigenvalue weighted by molar-refractivity contribution is -0.122.